The predicted molar refractivity (Wildman–Crippen MR) is 62.3 cm³/mol. The van der Waals surface area contributed by atoms with Gasteiger partial charge in [-0.05, 0) is 25.3 Å². The molecule has 1 aromatic rings. The van der Waals surface area contributed by atoms with Crippen LogP contribution in [0.1, 0.15) is 25.3 Å². The molecule has 4 heteroatoms. The molecule has 0 spiro atoms. The molecule has 2 rings (SSSR count). The Morgan fingerprint density at radius 2 is 2.19 bits per heavy atom. The fourth-order valence-corrected chi connectivity index (χ4v) is 2.22. The molecular weight excluding hydrogens is 202 g/mol. The summed E-state index contributed by atoms with van der Waals surface area (Å²) in [4.78, 5) is 10.7. The molecule has 88 valence electrons. The molecule has 2 heterocycles. The number of nitrogens with zero attached hydrogens (tertiary/aromatic N) is 3. The summed E-state index contributed by atoms with van der Waals surface area (Å²) in [5.41, 5.74) is 1.16. The van der Waals surface area contributed by atoms with E-state index >= 15 is 0 Å². The third kappa shape index (κ3) is 2.92. The summed E-state index contributed by atoms with van der Waals surface area (Å²) in [6, 6.07) is 0.441. The van der Waals surface area contributed by atoms with E-state index < -0.39 is 0 Å². The van der Waals surface area contributed by atoms with Crippen molar-refractivity contribution in [2.24, 2.45) is 5.92 Å². The fraction of sp³-hybridized carbons (Fsp3) is 0.667. The van der Waals surface area contributed by atoms with Crippen LogP contribution in [-0.4, -0.2) is 35.1 Å². The van der Waals surface area contributed by atoms with Crippen molar-refractivity contribution < 1.29 is 4.74 Å². The van der Waals surface area contributed by atoms with E-state index in [1.165, 1.54) is 25.9 Å². The van der Waals surface area contributed by atoms with Gasteiger partial charge in [0.15, 0.2) is 0 Å². The van der Waals surface area contributed by atoms with Gasteiger partial charge in [0.25, 0.3) is 0 Å². The number of hydrogen-bond donors (Lipinski definition) is 0. The topological polar surface area (TPSA) is 38.2 Å². The normalized spacial score (nSPS) is 22.0. The van der Waals surface area contributed by atoms with E-state index in [0.717, 1.165) is 18.0 Å². The minimum absolute atomic E-state index is 0.441. The Morgan fingerprint density at radius 1 is 1.44 bits per heavy atom. The molecule has 0 aromatic carbocycles. The van der Waals surface area contributed by atoms with Crippen LogP contribution in [0.15, 0.2) is 12.4 Å². The van der Waals surface area contributed by atoms with Gasteiger partial charge in [-0.15, -0.1) is 0 Å². The predicted octanol–water partition coefficient (Wildman–Crippen LogP) is 1.72. The maximum Gasteiger partial charge on any atom is 0.316 e. The molecule has 1 unspecified atom stereocenters. The van der Waals surface area contributed by atoms with E-state index in [1.54, 1.807) is 7.11 Å². The van der Waals surface area contributed by atoms with Gasteiger partial charge in [0.2, 0.25) is 0 Å². The largest absolute Gasteiger partial charge is 0.467 e. The van der Waals surface area contributed by atoms with Crippen molar-refractivity contribution in [1.29, 1.82) is 0 Å². The summed E-state index contributed by atoms with van der Waals surface area (Å²) in [7, 11) is 1.58. The number of likely N-dealkylation sites (tertiary alicyclic amines) is 1. The molecule has 1 fully saturated rings. The Morgan fingerprint density at radius 3 is 2.81 bits per heavy atom. The molecule has 0 N–H and O–H groups in total. The quantitative estimate of drug-likeness (QED) is 0.779. The molecule has 0 bridgehead atoms. The first-order valence-corrected chi connectivity index (χ1v) is 5.85. The summed E-state index contributed by atoms with van der Waals surface area (Å²) >= 11 is 0. The van der Waals surface area contributed by atoms with E-state index in [4.69, 9.17) is 4.74 Å². The zero-order valence-corrected chi connectivity index (χ0v) is 10.0. The monoisotopic (exact) mass is 221 g/mol. The first-order valence-electron chi connectivity index (χ1n) is 5.85. The highest BCUT2D eigenvalue weighted by atomic mass is 16.5. The maximum absolute atomic E-state index is 4.94. The highest BCUT2D eigenvalue weighted by Gasteiger charge is 2.16. The molecule has 16 heavy (non-hydrogen) atoms. The molecular formula is C12H19N3O. The lowest BCUT2D eigenvalue weighted by Crippen LogP contribution is -2.33. The van der Waals surface area contributed by atoms with Crippen LogP contribution in [0.2, 0.25) is 0 Å². The van der Waals surface area contributed by atoms with Crippen LogP contribution in [0.4, 0.5) is 0 Å². The molecule has 1 aromatic heterocycles. The number of aromatic nitrogens is 2. The molecule has 0 saturated carbocycles. The zero-order chi connectivity index (χ0) is 11.4. The fourth-order valence-electron chi connectivity index (χ4n) is 2.22. The molecule has 0 radical (unpaired) electrons. The van der Waals surface area contributed by atoms with E-state index in [0.29, 0.717) is 6.01 Å². The Kier molecular flexibility index (Phi) is 3.72. The van der Waals surface area contributed by atoms with E-state index in [-0.39, 0.29) is 0 Å². The highest BCUT2D eigenvalue weighted by Crippen LogP contribution is 2.17. The lowest BCUT2D eigenvalue weighted by atomic mass is 10.00. The van der Waals surface area contributed by atoms with Crippen LogP contribution in [0, 0.1) is 5.92 Å². The van der Waals surface area contributed by atoms with E-state index in [1.807, 2.05) is 12.4 Å². The van der Waals surface area contributed by atoms with E-state index in [9.17, 15) is 0 Å². The maximum atomic E-state index is 4.94. The van der Waals surface area contributed by atoms with Crippen LogP contribution in [-0.2, 0) is 6.54 Å². The Balaban J connectivity index is 1.92. The second kappa shape index (κ2) is 5.25. The summed E-state index contributed by atoms with van der Waals surface area (Å²) in [5.74, 6) is 0.813. The van der Waals surface area contributed by atoms with Gasteiger partial charge in [0, 0.05) is 31.0 Å². The molecule has 1 aliphatic heterocycles. The Bertz CT molecular complexity index is 326. The van der Waals surface area contributed by atoms with Crippen molar-refractivity contribution in [3.8, 4) is 6.01 Å². The van der Waals surface area contributed by atoms with Gasteiger partial charge in [-0.1, -0.05) is 6.92 Å². The van der Waals surface area contributed by atoms with Gasteiger partial charge >= 0.3 is 6.01 Å². The summed E-state index contributed by atoms with van der Waals surface area (Å²) in [5, 5.41) is 0. The average Bonchev–Trinajstić information content (AvgIpc) is 2.30. The van der Waals surface area contributed by atoms with Crippen LogP contribution in [0.3, 0.4) is 0 Å². The number of hydrogen-bond acceptors (Lipinski definition) is 4. The second-order valence-corrected chi connectivity index (χ2v) is 4.56. The van der Waals surface area contributed by atoms with Crippen molar-refractivity contribution in [3.05, 3.63) is 18.0 Å². The highest BCUT2D eigenvalue weighted by molar-refractivity contribution is 5.07. The third-order valence-electron chi connectivity index (χ3n) is 3.01. The molecule has 0 aliphatic carbocycles. The van der Waals surface area contributed by atoms with Crippen LogP contribution in [0.5, 0.6) is 6.01 Å². The number of rotatable bonds is 3. The summed E-state index contributed by atoms with van der Waals surface area (Å²) in [6.07, 6.45) is 6.37. The number of piperidine rings is 1. The minimum Gasteiger partial charge on any atom is -0.467 e. The Labute approximate surface area is 96.7 Å². The first kappa shape index (κ1) is 11.3. The lowest BCUT2D eigenvalue weighted by molar-refractivity contribution is 0.176. The van der Waals surface area contributed by atoms with Gasteiger partial charge in [-0.25, -0.2) is 9.97 Å². The van der Waals surface area contributed by atoms with Gasteiger partial charge in [-0.2, -0.15) is 0 Å². The summed E-state index contributed by atoms with van der Waals surface area (Å²) in [6.45, 7) is 5.65. The molecule has 1 atom stereocenters. The number of ether oxygens (including phenoxy) is 1. The SMILES string of the molecule is COc1ncc(CN2CCCC(C)C2)cn1. The second-order valence-electron chi connectivity index (χ2n) is 4.56. The van der Waals surface area contributed by atoms with Gasteiger partial charge in [0.05, 0.1) is 7.11 Å². The van der Waals surface area contributed by atoms with Crippen molar-refractivity contribution in [2.45, 2.75) is 26.3 Å². The van der Waals surface area contributed by atoms with Crippen molar-refractivity contribution >= 4 is 0 Å². The van der Waals surface area contributed by atoms with Crippen molar-refractivity contribution in [3.63, 3.8) is 0 Å². The average molecular weight is 221 g/mol. The minimum atomic E-state index is 0.441. The molecule has 1 saturated heterocycles. The van der Waals surface area contributed by atoms with Crippen LogP contribution >= 0.6 is 0 Å². The molecule has 0 amide bonds. The Hall–Kier alpha value is -1.16. The van der Waals surface area contributed by atoms with Gasteiger partial charge < -0.3 is 4.74 Å². The first-order chi connectivity index (χ1) is 7.78. The van der Waals surface area contributed by atoms with E-state index in [2.05, 4.69) is 21.8 Å². The van der Waals surface area contributed by atoms with Crippen LogP contribution in [0.25, 0.3) is 0 Å². The third-order valence-corrected chi connectivity index (χ3v) is 3.01. The van der Waals surface area contributed by atoms with Crippen molar-refractivity contribution in [2.75, 3.05) is 20.2 Å². The van der Waals surface area contributed by atoms with Crippen molar-refractivity contribution in [1.82, 2.24) is 14.9 Å². The lowest BCUT2D eigenvalue weighted by Gasteiger charge is -2.30. The zero-order valence-electron chi connectivity index (χ0n) is 10.0. The van der Waals surface area contributed by atoms with Gasteiger partial charge in [0.1, 0.15) is 0 Å². The smallest absolute Gasteiger partial charge is 0.316 e. The van der Waals surface area contributed by atoms with Gasteiger partial charge in [-0.3, -0.25) is 4.90 Å². The van der Waals surface area contributed by atoms with Crippen LogP contribution < -0.4 is 4.74 Å². The standard InChI is InChI=1S/C12H19N3O/c1-10-4-3-5-15(8-10)9-11-6-13-12(16-2)14-7-11/h6-7,10H,3-5,8-9H2,1-2H3. The molecule has 4 nitrogen and oxygen atoms in total. The number of methoxy groups -OCH3 is 1. The summed E-state index contributed by atoms with van der Waals surface area (Å²) < 4.78 is 4.94. The molecule has 1 aliphatic rings.